The van der Waals surface area contributed by atoms with Crippen LogP contribution in [0, 0.1) is 0 Å². The monoisotopic (exact) mass is 379 g/mol. The first-order valence-corrected chi connectivity index (χ1v) is 10.6. The Labute approximate surface area is 163 Å². The first-order valence-electron chi connectivity index (χ1n) is 8.11. The lowest BCUT2D eigenvalue weighted by Gasteiger charge is -2.14. The highest BCUT2D eigenvalue weighted by molar-refractivity contribution is 7.99. The quantitative estimate of drug-likeness (QED) is 0.378. The molecular formula is C21H21N3S2. The van der Waals surface area contributed by atoms with E-state index in [1.54, 1.807) is 23.5 Å². The summed E-state index contributed by atoms with van der Waals surface area (Å²) in [6.45, 7) is 9.79. The van der Waals surface area contributed by atoms with Crippen molar-refractivity contribution in [1.29, 1.82) is 0 Å². The number of aromatic nitrogens is 1. The van der Waals surface area contributed by atoms with Crippen LogP contribution >= 0.6 is 23.5 Å². The number of nitrogens with zero attached hydrogens (tertiary/aromatic N) is 2. The normalized spacial score (nSPS) is 10.7. The predicted molar refractivity (Wildman–Crippen MR) is 119 cm³/mol. The first kappa shape index (κ1) is 18.5. The van der Waals surface area contributed by atoms with Crippen molar-refractivity contribution in [3.05, 3.63) is 54.7 Å². The van der Waals surface area contributed by atoms with Crippen molar-refractivity contribution in [3.63, 3.8) is 0 Å². The Balaban J connectivity index is 2.08. The molecule has 2 aromatic carbocycles. The van der Waals surface area contributed by atoms with E-state index in [4.69, 9.17) is 0 Å². The van der Waals surface area contributed by atoms with Gasteiger partial charge in [0.05, 0.1) is 11.2 Å². The standard InChI is InChI=1S/C21H21N3S2/c1-13(2)15-11-18-16(12-21(15)26-5)17(8-9-23-18)24-14-6-7-20(25-4)19(10-14)22-3/h6-12H,1,3H2,2,4-5H3,(H,23,24). The van der Waals surface area contributed by atoms with Crippen LogP contribution < -0.4 is 5.32 Å². The molecule has 0 atom stereocenters. The lowest BCUT2D eigenvalue weighted by molar-refractivity contribution is 1.35. The summed E-state index contributed by atoms with van der Waals surface area (Å²) in [7, 11) is 0. The Morgan fingerprint density at radius 1 is 1.08 bits per heavy atom. The fourth-order valence-electron chi connectivity index (χ4n) is 2.83. The summed E-state index contributed by atoms with van der Waals surface area (Å²) in [6, 6.07) is 12.4. The molecule has 0 amide bonds. The van der Waals surface area contributed by atoms with Gasteiger partial charge in [-0.15, -0.1) is 23.5 Å². The van der Waals surface area contributed by atoms with Crippen molar-refractivity contribution in [3.8, 4) is 0 Å². The van der Waals surface area contributed by atoms with E-state index in [0.717, 1.165) is 44.0 Å². The van der Waals surface area contributed by atoms with E-state index >= 15 is 0 Å². The van der Waals surface area contributed by atoms with Crippen molar-refractivity contribution in [2.75, 3.05) is 17.8 Å². The van der Waals surface area contributed by atoms with Crippen molar-refractivity contribution < 1.29 is 0 Å². The number of nitrogens with one attached hydrogen (secondary N) is 1. The first-order chi connectivity index (χ1) is 12.6. The van der Waals surface area contributed by atoms with Crippen LogP contribution in [0.5, 0.6) is 0 Å². The van der Waals surface area contributed by atoms with Crippen LogP contribution in [0.1, 0.15) is 12.5 Å². The minimum absolute atomic E-state index is 0.884. The molecule has 1 aromatic heterocycles. The predicted octanol–water partition coefficient (Wildman–Crippen LogP) is 6.79. The van der Waals surface area contributed by atoms with E-state index in [0.29, 0.717) is 0 Å². The number of benzene rings is 2. The number of pyridine rings is 1. The second kappa shape index (κ2) is 7.98. The fourth-order valence-corrected chi connectivity index (χ4v) is 4.06. The Morgan fingerprint density at radius 2 is 1.85 bits per heavy atom. The maximum absolute atomic E-state index is 4.54. The van der Waals surface area contributed by atoms with Gasteiger partial charge >= 0.3 is 0 Å². The third kappa shape index (κ3) is 3.64. The van der Waals surface area contributed by atoms with Crippen molar-refractivity contribution >= 4 is 63.8 Å². The minimum atomic E-state index is 0.884. The molecule has 0 saturated heterocycles. The second-order valence-electron chi connectivity index (χ2n) is 5.88. The van der Waals surface area contributed by atoms with Crippen molar-refractivity contribution in [2.45, 2.75) is 16.7 Å². The number of anilines is 2. The average molecular weight is 380 g/mol. The van der Waals surface area contributed by atoms with Gasteiger partial charge in [0.2, 0.25) is 0 Å². The Kier molecular flexibility index (Phi) is 5.69. The van der Waals surface area contributed by atoms with Gasteiger partial charge in [-0.25, -0.2) is 0 Å². The zero-order valence-electron chi connectivity index (χ0n) is 15.2. The molecule has 0 saturated carbocycles. The van der Waals surface area contributed by atoms with E-state index in [1.165, 1.54) is 4.90 Å². The van der Waals surface area contributed by atoms with Crippen LogP contribution in [-0.4, -0.2) is 24.2 Å². The molecule has 5 heteroatoms. The third-order valence-corrected chi connectivity index (χ3v) is 5.71. The summed E-state index contributed by atoms with van der Waals surface area (Å²) < 4.78 is 0. The molecule has 0 aliphatic carbocycles. The number of allylic oxidation sites excluding steroid dienone is 1. The molecule has 0 fully saturated rings. The number of hydrogen-bond acceptors (Lipinski definition) is 5. The van der Waals surface area contributed by atoms with E-state index in [9.17, 15) is 0 Å². The molecule has 0 aliphatic rings. The summed E-state index contributed by atoms with van der Waals surface area (Å²) in [5.41, 5.74) is 6.03. The lowest BCUT2D eigenvalue weighted by atomic mass is 10.1. The van der Waals surface area contributed by atoms with E-state index < -0.39 is 0 Å². The molecule has 0 unspecified atom stereocenters. The second-order valence-corrected chi connectivity index (χ2v) is 7.57. The summed E-state index contributed by atoms with van der Waals surface area (Å²) in [4.78, 5) is 11.0. The van der Waals surface area contributed by atoms with Crippen LogP contribution in [0.3, 0.4) is 0 Å². The maximum Gasteiger partial charge on any atom is 0.0778 e. The number of hydrogen-bond donors (Lipinski definition) is 1. The molecule has 3 rings (SSSR count). The SMILES string of the molecule is C=Nc1cc(Nc2ccnc3cc(C(=C)C)c(SC)cc23)ccc1SC. The average Bonchev–Trinajstić information content (AvgIpc) is 2.67. The summed E-state index contributed by atoms with van der Waals surface area (Å²) in [6.07, 6.45) is 5.95. The molecular weight excluding hydrogens is 358 g/mol. The van der Waals surface area contributed by atoms with E-state index in [1.807, 2.05) is 31.5 Å². The van der Waals surface area contributed by atoms with Crippen LogP contribution in [0.25, 0.3) is 16.5 Å². The maximum atomic E-state index is 4.54. The largest absolute Gasteiger partial charge is 0.355 e. The number of aliphatic imine (C=N–C) groups is 1. The van der Waals surface area contributed by atoms with Crippen LogP contribution in [-0.2, 0) is 0 Å². The van der Waals surface area contributed by atoms with Gasteiger partial charge in [0, 0.05) is 32.7 Å². The van der Waals surface area contributed by atoms with E-state index in [2.05, 4.69) is 59.1 Å². The highest BCUT2D eigenvalue weighted by atomic mass is 32.2. The van der Waals surface area contributed by atoms with Crippen LogP contribution in [0.4, 0.5) is 17.1 Å². The number of rotatable bonds is 6. The molecule has 0 radical (unpaired) electrons. The van der Waals surface area contributed by atoms with E-state index in [-0.39, 0.29) is 0 Å². The van der Waals surface area contributed by atoms with Gasteiger partial charge in [0.15, 0.2) is 0 Å². The Bertz CT molecular complexity index is 996. The van der Waals surface area contributed by atoms with Crippen LogP contribution in [0.15, 0.2) is 64.0 Å². The minimum Gasteiger partial charge on any atom is -0.355 e. The van der Waals surface area contributed by atoms with Crippen molar-refractivity contribution in [2.24, 2.45) is 4.99 Å². The topological polar surface area (TPSA) is 37.3 Å². The molecule has 1 N–H and O–H groups in total. The van der Waals surface area contributed by atoms with Gasteiger partial charge in [-0.2, -0.15) is 0 Å². The summed E-state index contributed by atoms with van der Waals surface area (Å²) >= 11 is 3.39. The van der Waals surface area contributed by atoms with Crippen LogP contribution in [0.2, 0.25) is 0 Å². The zero-order chi connectivity index (χ0) is 18.7. The van der Waals surface area contributed by atoms with Gasteiger partial charge in [0.25, 0.3) is 0 Å². The smallest absolute Gasteiger partial charge is 0.0778 e. The Morgan fingerprint density at radius 3 is 2.50 bits per heavy atom. The Hall–Kier alpha value is -2.24. The number of fused-ring (bicyclic) bond motifs is 1. The molecule has 26 heavy (non-hydrogen) atoms. The van der Waals surface area contributed by atoms with Gasteiger partial charge in [-0.05, 0) is 73.7 Å². The molecule has 3 aromatic rings. The van der Waals surface area contributed by atoms with Crippen molar-refractivity contribution in [1.82, 2.24) is 4.98 Å². The lowest BCUT2D eigenvalue weighted by Crippen LogP contribution is -1.94. The highest BCUT2D eigenvalue weighted by Gasteiger charge is 2.10. The highest BCUT2D eigenvalue weighted by Crippen LogP contribution is 2.35. The number of thioether (sulfide) groups is 2. The molecule has 0 spiro atoms. The summed E-state index contributed by atoms with van der Waals surface area (Å²) in [5, 5.41) is 4.59. The molecule has 132 valence electrons. The summed E-state index contributed by atoms with van der Waals surface area (Å²) in [5.74, 6) is 0. The molecule has 0 aliphatic heterocycles. The molecule has 0 bridgehead atoms. The van der Waals surface area contributed by atoms with Gasteiger partial charge in [0.1, 0.15) is 0 Å². The molecule has 1 heterocycles. The third-order valence-electron chi connectivity index (χ3n) is 4.15. The fraction of sp³-hybridized carbons (Fsp3) is 0.143. The van der Waals surface area contributed by atoms with Gasteiger partial charge in [-0.3, -0.25) is 9.98 Å². The van der Waals surface area contributed by atoms with Gasteiger partial charge in [-0.1, -0.05) is 6.58 Å². The zero-order valence-corrected chi connectivity index (χ0v) is 16.8. The van der Waals surface area contributed by atoms with Gasteiger partial charge < -0.3 is 5.32 Å². The molecule has 3 nitrogen and oxygen atoms in total.